The Morgan fingerprint density at radius 1 is 1.53 bits per heavy atom. The Morgan fingerprint density at radius 3 is 2.41 bits per heavy atom. The highest BCUT2D eigenvalue weighted by Gasteiger charge is 2.53. The quantitative estimate of drug-likeness (QED) is 0.458. The van der Waals surface area contributed by atoms with Crippen molar-refractivity contribution in [2.24, 2.45) is 5.41 Å². The number of carbonyl (C=O) groups is 2. The van der Waals surface area contributed by atoms with Gasteiger partial charge in [-0.15, -0.1) is 0 Å². The molecule has 1 saturated heterocycles. The maximum absolute atomic E-state index is 12.1. The number of alkyl halides is 4. The first kappa shape index (κ1) is 14.5. The van der Waals surface area contributed by atoms with Gasteiger partial charge in [-0.2, -0.15) is 13.2 Å². The summed E-state index contributed by atoms with van der Waals surface area (Å²) in [6.07, 6.45) is -5.51. The van der Waals surface area contributed by atoms with E-state index in [0.29, 0.717) is 4.43 Å². The number of hydrogen-bond acceptors (Lipinski definition) is 3. The zero-order chi connectivity index (χ0) is 13.4. The molecule has 17 heavy (non-hydrogen) atoms. The Morgan fingerprint density at radius 2 is 2.06 bits per heavy atom. The molecule has 1 fully saturated rings. The molecule has 0 aromatic rings. The molecule has 1 amide bonds. The van der Waals surface area contributed by atoms with Crippen LogP contribution in [0.4, 0.5) is 13.2 Å². The van der Waals surface area contributed by atoms with Crippen LogP contribution in [0.3, 0.4) is 0 Å². The van der Waals surface area contributed by atoms with Crippen LogP contribution in [0.5, 0.6) is 0 Å². The molecule has 2 unspecified atom stereocenters. The van der Waals surface area contributed by atoms with E-state index in [1.807, 2.05) is 22.6 Å². The molecule has 0 aromatic carbocycles. The lowest BCUT2D eigenvalue weighted by Crippen LogP contribution is -2.52. The van der Waals surface area contributed by atoms with Gasteiger partial charge >= 0.3 is 18.1 Å². The third-order valence-electron chi connectivity index (χ3n) is 2.74. The Bertz CT molecular complexity index is 343. The van der Waals surface area contributed by atoms with Gasteiger partial charge in [-0.1, -0.05) is 36.4 Å². The standard InChI is InChI=1S/C9H11F3INO3/c1-8(2)4(3-13)17-6(15)5(8)14-7(16)9(10,11)12/h4-5H,3H2,1-2H3,(H,14,16). The summed E-state index contributed by atoms with van der Waals surface area (Å²) in [6, 6.07) is -1.27. The maximum Gasteiger partial charge on any atom is 0.471 e. The van der Waals surface area contributed by atoms with Gasteiger partial charge in [0.15, 0.2) is 0 Å². The second kappa shape index (κ2) is 4.62. The molecule has 2 atom stereocenters. The molecule has 0 spiro atoms. The predicted octanol–water partition coefficient (Wildman–Crippen LogP) is 1.42. The van der Waals surface area contributed by atoms with Crippen LogP contribution in [-0.4, -0.2) is 34.6 Å². The number of cyclic esters (lactones) is 1. The fourth-order valence-corrected chi connectivity index (χ4v) is 2.85. The molecule has 8 heteroatoms. The largest absolute Gasteiger partial charge is 0.471 e. The Kier molecular flexibility index (Phi) is 3.94. The summed E-state index contributed by atoms with van der Waals surface area (Å²) in [4.78, 5) is 22.2. The summed E-state index contributed by atoms with van der Waals surface area (Å²) in [5, 5.41) is 1.68. The molecule has 0 radical (unpaired) electrons. The van der Waals surface area contributed by atoms with E-state index in [1.165, 1.54) is 0 Å². The van der Waals surface area contributed by atoms with Crippen LogP contribution in [0.1, 0.15) is 13.8 Å². The monoisotopic (exact) mass is 365 g/mol. The van der Waals surface area contributed by atoms with Crippen molar-refractivity contribution >= 4 is 34.5 Å². The highest BCUT2D eigenvalue weighted by atomic mass is 127. The minimum Gasteiger partial charge on any atom is -0.459 e. The molecular formula is C9H11F3INO3. The van der Waals surface area contributed by atoms with Gasteiger partial charge in [-0.3, -0.25) is 4.79 Å². The molecular weight excluding hydrogens is 354 g/mol. The minimum absolute atomic E-state index is 0.453. The number of halogens is 4. The van der Waals surface area contributed by atoms with Gasteiger partial charge in [-0.05, 0) is 0 Å². The van der Waals surface area contributed by atoms with E-state index in [9.17, 15) is 22.8 Å². The van der Waals surface area contributed by atoms with Gasteiger partial charge in [0.1, 0.15) is 12.1 Å². The maximum atomic E-state index is 12.1. The molecule has 1 aliphatic heterocycles. The van der Waals surface area contributed by atoms with Crippen molar-refractivity contribution in [1.82, 2.24) is 5.32 Å². The summed E-state index contributed by atoms with van der Waals surface area (Å²) < 4.78 is 41.7. The zero-order valence-electron chi connectivity index (χ0n) is 9.10. The van der Waals surface area contributed by atoms with Crippen molar-refractivity contribution in [3.63, 3.8) is 0 Å². The highest BCUT2D eigenvalue weighted by Crippen LogP contribution is 2.36. The molecule has 0 saturated carbocycles. The molecule has 1 heterocycles. The van der Waals surface area contributed by atoms with Crippen LogP contribution in [-0.2, 0) is 14.3 Å². The van der Waals surface area contributed by atoms with Crippen molar-refractivity contribution in [2.75, 3.05) is 4.43 Å². The molecule has 1 N–H and O–H groups in total. The fourth-order valence-electron chi connectivity index (χ4n) is 1.54. The Labute approximate surface area is 109 Å². The van der Waals surface area contributed by atoms with Gasteiger partial charge in [0.2, 0.25) is 0 Å². The number of rotatable bonds is 2. The summed E-state index contributed by atoms with van der Waals surface area (Å²) in [5.74, 6) is -2.95. The third-order valence-corrected chi connectivity index (χ3v) is 3.54. The lowest BCUT2D eigenvalue weighted by atomic mass is 9.82. The molecule has 0 bridgehead atoms. The number of esters is 1. The predicted molar refractivity (Wildman–Crippen MR) is 60.5 cm³/mol. The normalized spacial score (nSPS) is 27.8. The van der Waals surface area contributed by atoms with Crippen LogP contribution < -0.4 is 5.32 Å². The first-order valence-corrected chi connectivity index (χ1v) is 6.27. The highest BCUT2D eigenvalue weighted by molar-refractivity contribution is 14.1. The third kappa shape index (κ3) is 2.83. The van der Waals surface area contributed by atoms with Gasteiger partial charge in [0.05, 0.1) is 0 Å². The SMILES string of the molecule is CC1(C)C(CI)OC(=O)C1NC(=O)C(F)(F)F. The van der Waals surface area contributed by atoms with Gasteiger partial charge in [0, 0.05) is 9.84 Å². The summed E-state index contributed by atoms with van der Waals surface area (Å²) in [5.41, 5.74) is -0.862. The van der Waals surface area contributed by atoms with E-state index in [0.717, 1.165) is 0 Å². The summed E-state index contributed by atoms with van der Waals surface area (Å²) in [7, 11) is 0. The number of hydrogen-bond donors (Lipinski definition) is 1. The van der Waals surface area contributed by atoms with E-state index in [1.54, 1.807) is 19.2 Å². The summed E-state index contributed by atoms with van der Waals surface area (Å²) >= 11 is 1.97. The number of amides is 1. The number of carbonyl (C=O) groups excluding carboxylic acids is 2. The van der Waals surface area contributed by atoms with E-state index < -0.39 is 35.6 Å². The van der Waals surface area contributed by atoms with E-state index in [4.69, 9.17) is 4.74 Å². The minimum atomic E-state index is -5.00. The molecule has 98 valence electrons. The fraction of sp³-hybridized carbons (Fsp3) is 0.778. The van der Waals surface area contributed by atoms with Crippen LogP contribution in [0.2, 0.25) is 0 Å². The van der Waals surface area contributed by atoms with E-state index in [2.05, 4.69) is 0 Å². The molecule has 4 nitrogen and oxygen atoms in total. The second-order valence-electron chi connectivity index (χ2n) is 4.31. The molecule has 0 aromatic heterocycles. The smallest absolute Gasteiger partial charge is 0.459 e. The number of nitrogens with one attached hydrogen (secondary N) is 1. The Hall–Kier alpha value is -0.540. The van der Waals surface area contributed by atoms with Crippen molar-refractivity contribution in [3.8, 4) is 0 Å². The van der Waals surface area contributed by atoms with Crippen LogP contribution in [0.15, 0.2) is 0 Å². The van der Waals surface area contributed by atoms with Crippen LogP contribution >= 0.6 is 22.6 Å². The van der Waals surface area contributed by atoms with Gasteiger partial charge in [-0.25, -0.2) is 4.79 Å². The zero-order valence-corrected chi connectivity index (χ0v) is 11.3. The second-order valence-corrected chi connectivity index (χ2v) is 5.19. The lowest BCUT2D eigenvalue weighted by Gasteiger charge is -2.27. The van der Waals surface area contributed by atoms with Crippen molar-refractivity contribution in [2.45, 2.75) is 32.2 Å². The Balaban J connectivity index is 2.85. The van der Waals surface area contributed by atoms with Crippen molar-refractivity contribution in [1.29, 1.82) is 0 Å². The van der Waals surface area contributed by atoms with Gasteiger partial charge < -0.3 is 10.1 Å². The van der Waals surface area contributed by atoms with E-state index in [-0.39, 0.29) is 0 Å². The lowest BCUT2D eigenvalue weighted by molar-refractivity contribution is -0.175. The molecule has 1 aliphatic rings. The molecule has 0 aliphatic carbocycles. The van der Waals surface area contributed by atoms with Gasteiger partial charge in [0.25, 0.3) is 0 Å². The van der Waals surface area contributed by atoms with Crippen LogP contribution in [0.25, 0.3) is 0 Å². The van der Waals surface area contributed by atoms with E-state index >= 15 is 0 Å². The topological polar surface area (TPSA) is 55.4 Å². The molecule has 1 rings (SSSR count). The average molecular weight is 365 g/mol. The summed E-state index contributed by atoms with van der Waals surface area (Å²) in [6.45, 7) is 3.17. The first-order chi connectivity index (χ1) is 7.60. The number of ether oxygens (including phenoxy) is 1. The first-order valence-electron chi connectivity index (χ1n) is 4.75. The van der Waals surface area contributed by atoms with Crippen molar-refractivity contribution < 1.29 is 27.5 Å². The van der Waals surface area contributed by atoms with Crippen molar-refractivity contribution in [3.05, 3.63) is 0 Å². The van der Waals surface area contributed by atoms with Crippen LogP contribution in [0, 0.1) is 5.41 Å². The average Bonchev–Trinajstić information content (AvgIpc) is 2.39.